The van der Waals surface area contributed by atoms with Gasteiger partial charge in [0.15, 0.2) is 37.3 Å². The first-order valence-electron chi connectivity index (χ1n) is 33.0. The minimum absolute atomic E-state index is 0.0278. The highest BCUT2D eigenvalue weighted by atomic mass is 32.1. The second-order valence-electron chi connectivity index (χ2n) is 25.0. The van der Waals surface area contributed by atoms with E-state index in [1.807, 2.05) is 0 Å². The topological polar surface area (TPSA) is 765 Å². The van der Waals surface area contributed by atoms with Crippen molar-refractivity contribution in [2.75, 3.05) is 51.7 Å². The number of primary amides is 3. The third kappa shape index (κ3) is 22.4. The molecule has 25 atom stereocenters. The number of H-pyrrole nitrogens is 1. The molecule has 0 bridgehead atoms. The van der Waals surface area contributed by atoms with Crippen molar-refractivity contribution in [3.8, 4) is 10.7 Å². The Bertz CT molecular complexity index is 3630. The lowest BCUT2D eigenvalue weighted by atomic mass is 9.97. The Morgan fingerprint density at radius 3 is 2.04 bits per heavy atom. The fourth-order valence-electron chi connectivity index (χ4n) is 10.9. The Labute approximate surface area is 614 Å². The lowest BCUT2D eigenvalue weighted by molar-refractivity contribution is -0.372. The number of rotatable bonds is 38. The van der Waals surface area contributed by atoms with Gasteiger partial charge >= 0.3 is 6.09 Å². The van der Waals surface area contributed by atoms with Gasteiger partial charge < -0.3 is 171 Å². The Morgan fingerprint density at radius 1 is 0.720 bits per heavy atom. The summed E-state index contributed by atoms with van der Waals surface area (Å²) in [5.41, 5.74) is 33.3. The number of aliphatic hydroxyl groups is 12. The maximum absolute atomic E-state index is 15.3. The van der Waals surface area contributed by atoms with E-state index in [0.29, 0.717) is 13.1 Å². The molecule has 3 aliphatic heterocycles. The quantitative estimate of drug-likeness (QED) is 0.0146. The zero-order chi connectivity index (χ0) is 79.0. The van der Waals surface area contributed by atoms with Gasteiger partial charge in [-0.05, 0) is 27.7 Å². The molecule has 7 rings (SSSR count). The number of hydrogen-bond donors (Lipinski definition) is 26. The molecule has 0 spiro atoms. The molecule has 0 saturated carbocycles. The number of aromatic amines is 1. The van der Waals surface area contributed by atoms with Gasteiger partial charge in [0.2, 0.25) is 29.5 Å². The summed E-state index contributed by atoms with van der Waals surface area (Å²) >= 11 is 1.85. The Kier molecular flexibility index (Phi) is 31.8. The Hall–Kier alpha value is -7.97. The second-order valence-corrected chi connectivity index (χ2v) is 26.7. The van der Waals surface area contributed by atoms with E-state index in [0.717, 1.165) is 49.0 Å². The Balaban J connectivity index is 1.17. The number of carbonyl (C=O) groups excluding carboxylic acids is 8. The number of nitrogens with two attached hydrogens (primary N) is 6. The van der Waals surface area contributed by atoms with Crippen molar-refractivity contribution in [1.29, 1.82) is 0 Å². The number of hydrogen-bond acceptors (Lipinski definition) is 39. The van der Waals surface area contributed by atoms with Crippen LogP contribution in [0.3, 0.4) is 0 Å². The van der Waals surface area contributed by atoms with Crippen LogP contribution < -0.4 is 71.6 Å². The number of ether oxygens (including phenoxy) is 7. The van der Waals surface area contributed by atoms with Crippen LogP contribution in [0.4, 0.5) is 10.6 Å². The lowest BCUT2D eigenvalue weighted by Gasteiger charge is -2.47. The molecule has 596 valence electrons. The summed E-state index contributed by atoms with van der Waals surface area (Å²) in [6.45, 7) is 3.21. The molecule has 3 saturated heterocycles. The van der Waals surface area contributed by atoms with Gasteiger partial charge in [0.1, 0.15) is 112 Å². The molecule has 107 heavy (non-hydrogen) atoms. The van der Waals surface area contributed by atoms with Crippen LogP contribution in [0, 0.1) is 6.92 Å². The van der Waals surface area contributed by atoms with Crippen molar-refractivity contribution in [2.24, 2.45) is 28.7 Å². The molecule has 32 N–H and O–H groups in total. The highest BCUT2D eigenvalue weighted by Crippen LogP contribution is 2.36. The minimum atomic E-state index is -2.26. The number of nitrogen functional groups attached to an aromatic ring is 1. The standard InChI is InChI=1S/C59H91N19O27S2/c1-18-33(75-48(77-46(18)63)23(9-30(61)84)69-11-22(60)47(64)93)50(95)76-35(43(24-12-67-17-70-24)102-58-45(39(89)36(86)28(13-80)101-58)103-57-41(91)44(104-59(65)98)37(87)29(14-81)100-57)52(97)71-19(2)27(83)10-31(85)74-34(20(3)82)51(96)78-53(105-56-40(90)38(88)32(62)21(4)99-56)42(92)55-73-26(16-107-55)54-72-25(15-106-54)49(94)68-6-5-66-7-8-79/h12,15-17,19-23,27-29,32,34-45,53,56-58,66,69,79-83,86-92H,5-11,13-14,60,62H2,1-4H3,(H2,61,84)(H2,64,93)(H2,65,98)(H,67,70)(H,68,94)(H,71,97)(H,74,85)(H,76,95)(H,78,96)(H2,63,75,77). The fraction of sp³-hybridized carbons (Fsp3) is 0.644. The predicted molar refractivity (Wildman–Crippen MR) is 361 cm³/mol. The number of amides is 8. The van der Waals surface area contributed by atoms with E-state index in [1.54, 1.807) is 0 Å². The molecule has 8 amide bonds. The summed E-state index contributed by atoms with van der Waals surface area (Å²) in [5, 5.41) is 152. The molecule has 4 aromatic heterocycles. The molecule has 48 heteroatoms. The van der Waals surface area contributed by atoms with Crippen LogP contribution >= 0.6 is 22.7 Å². The van der Waals surface area contributed by atoms with E-state index in [2.05, 4.69) is 67.1 Å². The van der Waals surface area contributed by atoms with E-state index in [-0.39, 0.29) is 45.8 Å². The third-order valence-electron chi connectivity index (χ3n) is 17.0. The second kappa shape index (κ2) is 39.4. The van der Waals surface area contributed by atoms with Gasteiger partial charge in [0.25, 0.3) is 11.8 Å². The normalized spacial score (nSPS) is 27.4. The van der Waals surface area contributed by atoms with Crippen LogP contribution in [0.25, 0.3) is 10.7 Å². The number of nitrogens with one attached hydrogen (secondary N) is 8. The van der Waals surface area contributed by atoms with Crippen LogP contribution in [0.15, 0.2) is 23.3 Å². The molecule has 46 nitrogen and oxygen atoms in total. The zero-order valence-corrected chi connectivity index (χ0v) is 59.2. The summed E-state index contributed by atoms with van der Waals surface area (Å²) in [5.74, 6) is -8.39. The Morgan fingerprint density at radius 2 is 1.40 bits per heavy atom. The molecule has 3 fully saturated rings. The lowest BCUT2D eigenvalue weighted by Crippen LogP contribution is -2.65. The van der Waals surface area contributed by atoms with Gasteiger partial charge in [-0.15, -0.1) is 22.7 Å². The van der Waals surface area contributed by atoms with Gasteiger partial charge in [-0.2, -0.15) is 0 Å². The average molecular weight is 1560 g/mol. The fourth-order valence-corrected chi connectivity index (χ4v) is 12.5. The first-order valence-corrected chi connectivity index (χ1v) is 34.7. The van der Waals surface area contributed by atoms with Crippen molar-refractivity contribution < 1.29 is 133 Å². The summed E-state index contributed by atoms with van der Waals surface area (Å²) in [4.78, 5) is 132. The van der Waals surface area contributed by atoms with Crippen LogP contribution in [0.5, 0.6) is 0 Å². The van der Waals surface area contributed by atoms with E-state index in [4.69, 9.17) is 72.7 Å². The highest BCUT2D eigenvalue weighted by Gasteiger charge is 2.54. The van der Waals surface area contributed by atoms with E-state index in [9.17, 15) is 89.7 Å². The number of anilines is 1. The number of aromatic nitrogens is 6. The minimum Gasteiger partial charge on any atom is -0.441 e. The molecule has 25 unspecified atom stereocenters. The summed E-state index contributed by atoms with van der Waals surface area (Å²) in [7, 11) is 0. The van der Waals surface area contributed by atoms with Gasteiger partial charge in [0, 0.05) is 48.9 Å². The van der Waals surface area contributed by atoms with Gasteiger partial charge in [-0.25, -0.2) is 29.7 Å². The van der Waals surface area contributed by atoms with Crippen molar-refractivity contribution in [3.05, 3.63) is 56.8 Å². The summed E-state index contributed by atoms with van der Waals surface area (Å²) in [6.07, 6.45) is -37.9. The zero-order valence-electron chi connectivity index (χ0n) is 57.6. The van der Waals surface area contributed by atoms with Gasteiger partial charge in [-0.1, -0.05) is 0 Å². The number of carbonyl (C=O) groups is 8. The van der Waals surface area contributed by atoms with Crippen molar-refractivity contribution in [2.45, 2.75) is 193 Å². The summed E-state index contributed by atoms with van der Waals surface area (Å²) in [6, 6.07) is -9.69. The first kappa shape index (κ1) is 86.3. The molecule has 4 aromatic rings. The SMILES string of the molecule is Cc1c(N)nc(C(CC(N)=O)NCC(N)C(N)=O)nc1C(=O)NC(C(=O)NC(C)C(O)CC(=O)NC(C(=O)NC(OC1OC(C)C(N)C(O)C1O)C(O)c1nc(-c2nc(C(=O)NCCNCCO)cs2)cs1)C(C)O)C(OC1OC(CO)C(O)C(O)C1OC1OC(CO)C(O)C(OC(N)=O)C1O)c1cnc[nH]1. The van der Waals surface area contributed by atoms with Crippen molar-refractivity contribution in [3.63, 3.8) is 0 Å². The first-order chi connectivity index (χ1) is 50.6. The van der Waals surface area contributed by atoms with E-state index in [1.165, 1.54) is 24.6 Å². The van der Waals surface area contributed by atoms with Crippen LogP contribution in [0.2, 0.25) is 0 Å². The number of thiazole rings is 2. The monoisotopic (exact) mass is 1560 g/mol. The van der Waals surface area contributed by atoms with E-state index >= 15 is 4.79 Å². The predicted octanol–water partition coefficient (Wildman–Crippen LogP) is -12.0. The average Bonchev–Trinajstić information content (AvgIpc) is 0.849. The molecule has 0 aliphatic carbocycles. The van der Waals surface area contributed by atoms with Crippen molar-refractivity contribution >= 4 is 75.9 Å². The number of imidazole rings is 1. The maximum atomic E-state index is 15.3. The number of nitrogens with zero attached hydrogens (tertiary/aromatic N) is 5. The smallest absolute Gasteiger partial charge is 0.404 e. The van der Waals surface area contributed by atoms with Gasteiger partial charge in [0.05, 0.1) is 86.9 Å². The van der Waals surface area contributed by atoms with Crippen LogP contribution in [-0.4, -0.2) is 319 Å². The maximum Gasteiger partial charge on any atom is 0.404 e. The molecule has 7 heterocycles. The van der Waals surface area contributed by atoms with E-state index < -0.39 is 250 Å². The molecular weight excluding hydrogens is 1470 g/mol. The molecular formula is C59H91N19O27S2. The van der Waals surface area contributed by atoms with Gasteiger partial charge in [-0.3, -0.25) is 33.6 Å². The largest absolute Gasteiger partial charge is 0.441 e. The molecule has 0 radical (unpaired) electrons. The number of aliphatic hydroxyl groups excluding tert-OH is 12. The summed E-state index contributed by atoms with van der Waals surface area (Å²) < 4.78 is 40.3. The van der Waals surface area contributed by atoms with Crippen molar-refractivity contribution in [1.82, 2.24) is 67.1 Å². The highest BCUT2D eigenvalue weighted by molar-refractivity contribution is 7.14. The molecule has 3 aliphatic rings. The third-order valence-corrected chi connectivity index (χ3v) is 18.8. The van der Waals surface area contributed by atoms with Crippen LogP contribution in [-0.2, 0) is 57.1 Å². The molecule has 0 aromatic carbocycles. The van der Waals surface area contributed by atoms with Crippen LogP contribution in [0.1, 0.15) is 94.9 Å².